The number of allylic oxidation sites excluding steroid dienone is 6. The second-order valence-electron chi connectivity index (χ2n) is 8.35. The lowest BCUT2D eigenvalue weighted by atomic mass is 9.94. The molecule has 2 aromatic heterocycles. The van der Waals surface area contributed by atoms with Crippen LogP contribution in [0.1, 0.15) is 63.6 Å². The largest absolute Gasteiger partial charge is 0.307 e. The number of pyridine rings is 1. The Bertz CT molecular complexity index is 1230. The first kappa shape index (κ1) is 27.3. The summed E-state index contributed by atoms with van der Waals surface area (Å²) in [6, 6.07) is 14.7. The lowest BCUT2D eigenvalue weighted by Crippen LogP contribution is -1.95. The Morgan fingerprint density at radius 2 is 1.89 bits per heavy atom. The summed E-state index contributed by atoms with van der Waals surface area (Å²) in [4.78, 5) is 4.49. The van der Waals surface area contributed by atoms with E-state index in [0.717, 1.165) is 53.8 Å². The molecule has 0 amide bonds. The van der Waals surface area contributed by atoms with Crippen LogP contribution in [0.25, 0.3) is 22.5 Å². The fourth-order valence-electron chi connectivity index (χ4n) is 3.62. The van der Waals surface area contributed by atoms with E-state index in [0.29, 0.717) is 5.56 Å². The molecule has 0 saturated carbocycles. The highest BCUT2D eigenvalue weighted by atomic mass is 15.0. The Hall–Kier alpha value is -3.90. The molecule has 0 unspecified atom stereocenters. The summed E-state index contributed by atoms with van der Waals surface area (Å²) in [6.45, 7) is 15.8. The lowest BCUT2D eigenvalue weighted by molar-refractivity contribution is 0.886. The zero-order valence-corrected chi connectivity index (χ0v) is 21.6. The molecule has 0 saturated heterocycles. The van der Waals surface area contributed by atoms with Crippen LogP contribution in [0.3, 0.4) is 0 Å². The third-order valence-corrected chi connectivity index (χ3v) is 5.74. The van der Waals surface area contributed by atoms with Crippen molar-refractivity contribution in [3.05, 3.63) is 115 Å². The van der Waals surface area contributed by atoms with Crippen molar-refractivity contribution in [2.24, 2.45) is 0 Å². The normalized spacial score (nSPS) is 11.0. The lowest BCUT2D eigenvalue weighted by Gasteiger charge is -2.10. The standard InChI is InChI=1S/C28H29N3.C4H8/c1-5-7-10-22(6-2)13-14-23-11-8-9-12-26(23)27-20-31(19-25(27)18-29)28-17-24(21(3)4)15-16-30-28;1-3-4-2/h5,7-12,15-17,19-20H,3,6,13-14H2,1-2,4H3;3H,1,4H2,2H3/b7-5-,22-10+;. The Morgan fingerprint density at radius 1 is 1.14 bits per heavy atom. The highest BCUT2D eigenvalue weighted by Crippen LogP contribution is 2.30. The molecule has 3 rings (SSSR count). The predicted molar refractivity (Wildman–Crippen MR) is 150 cm³/mol. The second-order valence-corrected chi connectivity index (χ2v) is 8.35. The monoisotopic (exact) mass is 463 g/mol. The number of rotatable bonds is 9. The molecule has 0 fully saturated rings. The first-order valence-corrected chi connectivity index (χ1v) is 12.2. The summed E-state index contributed by atoms with van der Waals surface area (Å²) in [6.07, 6.45) is 18.0. The van der Waals surface area contributed by atoms with Gasteiger partial charge in [0.25, 0.3) is 0 Å². The van der Waals surface area contributed by atoms with E-state index in [1.54, 1.807) is 6.20 Å². The van der Waals surface area contributed by atoms with Crippen LogP contribution >= 0.6 is 0 Å². The van der Waals surface area contributed by atoms with Gasteiger partial charge in [-0.1, -0.05) is 80.1 Å². The molecule has 3 heteroatoms. The average Bonchev–Trinajstić information content (AvgIpc) is 3.33. The number of hydrogen-bond donors (Lipinski definition) is 0. The zero-order valence-electron chi connectivity index (χ0n) is 21.6. The summed E-state index contributed by atoms with van der Waals surface area (Å²) >= 11 is 0. The van der Waals surface area contributed by atoms with E-state index in [-0.39, 0.29) is 0 Å². The predicted octanol–water partition coefficient (Wildman–Crippen LogP) is 8.87. The first-order chi connectivity index (χ1) is 17.0. The van der Waals surface area contributed by atoms with E-state index in [9.17, 15) is 5.26 Å². The fourth-order valence-corrected chi connectivity index (χ4v) is 3.62. The minimum atomic E-state index is 0.648. The zero-order chi connectivity index (χ0) is 25.6. The number of hydrogen-bond acceptors (Lipinski definition) is 2. The maximum absolute atomic E-state index is 9.81. The fraction of sp³-hybridized carbons (Fsp3) is 0.250. The smallest absolute Gasteiger partial charge is 0.137 e. The first-order valence-electron chi connectivity index (χ1n) is 12.2. The van der Waals surface area contributed by atoms with Crippen LogP contribution in [0.4, 0.5) is 0 Å². The molecule has 0 spiro atoms. The van der Waals surface area contributed by atoms with Gasteiger partial charge in [-0.05, 0) is 68.4 Å². The Morgan fingerprint density at radius 3 is 2.51 bits per heavy atom. The number of aromatic nitrogens is 2. The number of nitrogens with zero attached hydrogens (tertiary/aromatic N) is 3. The molecule has 35 heavy (non-hydrogen) atoms. The van der Waals surface area contributed by atoms with Gasteiger partial charge < -0.3 is 4.57 Å². The van der Waals surface area contributed by atoms with Crippen molar-refractivity contribution in [2.45, 2.75) is 53.4 Å². The van der Waals surface area contributed by atoms with Gasteiger partial charge >= 0.3 is 0 Å². The molecule has 0 atom stereocenters. The molecule has 0 aliphatic rings. The molecule has 3 nitrogen and oxygen atoms in total. The van der Waals surface area contributed by atoms with Crippen LogP contribution in [0, 0.1) is 11.3 Å². The molecule has 2 heterocycles. The molecule has 0 radical (unpaired) electrons. The maximum atomic E-state index is 9.81. The summed E-state index contributed by atoms with van der Waals surface area (Å²) < 4.78 is 1.93. The quantitative estimate of drug-likeness (QED) is 0.235. The van der Waals surface area contributed by atoms with Gasteiger partial charge in [-0.25, -0.2) is 4.98 Å². The van der Waals surface area contributed by atoms with E-state index >= 15 is 0 Å². The molecule has 0 aliphatic carbocycles. The van der Waals surface area contributed by atoms with Crippen molar-refractivity contribution in [2.75, 3.05) is 0 Å². The molecule has 0 aliphatic heterocycles. The van der Waals surface area contributed by atoms with Gasteiger partial charge in [0.2, 0.25) is 0 Å². The van der Waals surface area contributed by atoms with E-state index in [1.807, 2.05) is 55.1 Å². The molecule has 0 N–H and O–H groups in total. The molecular weight excluding hydrogens is 426 g/mol. The van der Waals surface area contributed by atoms with Crippen LogP contribution in [-0.4, -0.2) is 9.55 Å². The summed E-state index contributed by atoms with van der Waals surface area (Å²) in [5.41, 5.74) is 7.40. The van der Waals surface area contributed by atoms with Crippen LogP contribution in [0.5, 0.6) is 0 Å². The van der Waals surface area contributed by atoms with E-state index in [4.69, 9.17) is 0 Å². The highest BCUT2D eigenvalue weighted by Gasteiger charge is 2.14. The molecule has 180 valence electrons. The number of aryl methyl sites for hydroxylation is 1. The molecule has 0 bridgehead atoms. The molecular formula is C32H37N3. The third kappa shape index (κ3) is 7.83. The van der Waals surface area contributed by atoms with E-state index < -0.39 is 0 Å². The SMILES string of the molecule is C=C(C)c1ccnc(-n2cc(C#N)c(-c3ccccc3CC/C(=C/C=C\C)CC)c2)c1.C=CCC. The van der Waals surface area contributed by atoms with Gasteiger partial charge in [-0.3, -0.25) is 0 Å². The van der Waals surface area contributed by atoms with Crippen molar-refractivity contribution < 1.29 is 0 Å². The number of nitriles is 1. The summed E-state index contributed by atoms with van der Waals surface area (Å²) in [5.74, 6) is 0.781. The van der Waals surface area contributed by atoms with Gasteiger partial charge in [0, 0.05) is 24.2 Å². The van der Waals surface area contributed by atoms with Crippen LogP contribution in [-0.2, 0) is 6.42 Å². The Labute approximate surface area is 211 Å². The van der Waals surface area contributed by atoms with Crippen LogP contribution < -0.4 is 0 Å². The highest BCUT2D eigenvalue weighted by molar-refractivity contribution is 5.74. The minimum Gasteiger partial charge on any atom is -0.307 e. The summed E-state index contributed by atoms with van der Waals surface area (Å²) in [5, 5.41) is 9.81. The number of benzene rings is 1. The second kappa shape index (κ2) is 14.4. The van der Waals surface area contributed by atoms with Crippen molar-refractivity contribution in [3.8, 4) is 23.0 Å². The molecule has 3 aromatic rings. The van der Waals surface area contributed by atoms with Crippen LogP contribution in [0.15, 0.2) is 98.0 Å². The van der Waals surface area contributed by atoms with Gasteiger partial charge in [0.15, 0.2) is 0 Å². The van der Waals surface area contributed by atoms with Crippen LogP contribution in [0.2, 0.25) is 0 Å². The van der Waals surface area contributed by atoms with Gasteiger partial charge in [-0.15, -0.1) is 6.58 Å². The maximum Gasteiger partial charge on any atom is 0.137 e. The minimum absolute atomic E-state index is 0.648. The van der Waals surface area contributed by atoms with Crippen molar-refractivity contribution >= 4 is 5.57 Å². The van der Waals surface area contributed by atoms with Gasteiger partial charge in [0.05, 0.1) is 5.56 Å². The van der Waals surface area contributed by atoms with Crippen molar-refractivity contribution in [1.29, 1.82) is 5.26 Å². The third-order valence-electron chi connectivity index (χ3n) is 5.74. The van der Waals surface area contributed by atoms with Gasteiger partial charge in [-0.2, -0.15) is 5.26 Å². The topological polar surface area (TPSA) is 41.6 Å². The Kier molecular flexibility index (Phi) is 11.2. The summed E-state index contributed by atoms with van der Waals surface area (Å²) in [7, 11) is 0. The van der Waals surface area contributed by atoms with E-state index in [1.165, 1.54) is 11.1 Å². The van der Waals surface area contributed by atoms with E-state index in [2.05, 4.69) is 74.5 Å². The van der Waals surface area contributed by atoms with Crippen molar-refractivity contribution in [1.82, 2.24) is 9.55 Å². The average molecular weight is 464 g/mol. The van der Waals surface area contributed by atoms with Gasteiger partial charge in [0.1, 0.15) is 11.9 Å². The molecule has 1 aromatic carbocycles. The van der Waals surface area contributed by atoms with Crippen molar-refractivity contribution in [3.63, 3.8) is 0 Å². The Balaban J connectivity index is 0.00000100.